The molecule has 126 valence electrons. The molecule has 0 unspecified atom stereocenters. The number of ether oxygens (including phenoxy) is 2. The van der Waals surface area contributed by atoms with Gasteiger partial charge in [0.05, 0.1) is 18.5 Å². The minimum absolute atomic E-state index is 0.461. The number of hydrogen-bond donors (Lipinski definition) is 0. The van der Waals surface area contributed by atoms with E-state index in [4.69, 9.17) is 21.1 Å². The van der Waals surface area contributed by atoms with E-state index < -0.39 is 0 Å². The van der Waals surface area contributed by atoms with Crippen LogP contribution in [0.1, 0.15) is 5.69 Å². The fourth-order valence-electron chi connectivity index (χ4n) is 2.50. The molecule has 0 aliphatic heterocycles. The molecular weight excluding hydrogens is 360 g/mol. The van der Waals surface area contributed by atoms with Crippen molar-refractivity contribution in [3.63, 3.8) is 0 Å². The molecule has 0 bridgehead atoms. The number of nitrogens with zero attached hydrogens (tertiary/aromatic N) is 4. The molecule has 0 spiro atoms. The zero-order valence-electron chi connectivity index (χ0n) is 13.4. The minimum atomic E-state index is 0.461. The third-order valence-corrected chi connectivity index (χ3v) is 4.77. The standard InChI is InChI=1S/C17H13ClN4O2S/c1-10-14(22-9-3-8-19-16(22)20-10)13-15(18)25-17(21-13)24-12-6-4-11(23-2)5-7-12/h3-9H,1-2H3. The number of halogens is 1. The number of imidazole rings is 1. The van der Waals surface area contributed by atoms with E-state index in [1.54, 1.807) is 13.3 Å². The van der Waals surface area contributed by atoms with Crippen molar-refractivity contribution in [1.82, 2.24) is 19.4 Å². The molecular formula is C17H13ClN4O2S. The highest BCUT2D eigenvalue weighted by molar-refractivity contribution is 7.18. The maximum Gasteiger partial charge on any atom is 0.280 e. The lowest BCUT2D eigenvalue weighted by Gasteiger charge is -2.03. The molecule has 0 amide bonds. The van der Waals surface area contributed by atoms with E-state index in [0.29, 0.717) is 26.8 Å². The summed E-state index contributed by atoms with van der Waals surface area (Å²) in [6.45, 7) is 1.91. The van der Waals surface area contributed by atoms with Gasteiger partial charge in [0.2, 0.25) is 5.78 Å². The highest BCUT2D eigenvalue weighted by Gasteiger charge is 2.20. The molecule has 6 nitrogen and oxygen atoms in total. The molecule has 3 heterocycles. The van der Waals surface area contributed by atoms with Crippen molar-refractivity contribution >= 4 is 28.7 Å². The summed E-state index contributed by atoms with van der Waals surface area (Å²) in [5.74, 6) is 2.03. The largest absolute Gasteiger partial charge is 0.497 e. The Morgan fingerprint density at radius 1 is 1.12 bits per heavy atom. The number of hydrogen-bond acceptors (Lipinski definition) is 6. The summed E-state index contributed by atoms with van der Waals surface area (Å²) in [6, 6.07) is 9.12. The summed E-state index contributed by atoms with van der Waals surface area (Å²) in [6.07, 6.45) is 3.59. The Morgan fingerprint density at radius 3 is 2.64 bits per heavy atom. The fourth-order valence-corrected chi connectivity index (χ4v) is 3.50. The first-order valence-electron chi connectivity index (χ1n) is 7.44. The quantitative estimate of drug-likeness (QED) is 0.523. The molecule has 0 aliphatic carbocycles. The molecule has 1 aromatic carbocycles. The second kappa shape index (κ2) is 6.34. The molecule has 0 radical (unpaired) electrons. The Morgan fingerprint density at radius 2 is 1.88 bits per heavy atom. The summed E-state index contributed by atoms with van der Waals surface area (Å²) in [5, 5.41) is 0.461. The van der Waals surface area contributed by atoms with Crippen LogP contribution in [0, 0.1) is 6.92 Å². The lowest BCUT2D eigenvalue weighted by atomic mass is 10.3. The third-order valence-electron chi connectivity index (χ3n) is 3.63. The average Bonchev–Trinajstić information content (AvgIpc) is 3.13. The van der Waals surface area contributed by atoms with Gasteiger partial charge in [-0.2, -0.15) is 4.98 Å². The normalized spacial score (nSPS) is 11.0. The van der Waals surface area contributed by atoms with Gasteiger partial charge in [-0.05, 0) is 37.3 Å². The Balaban J connectivity index is 1.71. The van der Waals surface area contributed by atoms with Gasteiger partial charge in [0.1, 0.15) is 21.5 Å². The number of benzene rings is 1. The van der Waals surface area contributed by atoms with E-state index >= 15 is 0 Å². The second-order valence-electron chi connectivity index (χ2n) is 5.22. The summed E-state index contributed by atoms with van der Waals surface area (Å²) in [4.78, 5) is 13.2. The number of aryl methyl sites for hydroxylation is 1. The van der Waals surface area contributed by atoms with E-state index in [9.17, 15) is 0 Å². The maximum absolute atomic E-state index is 6.42. The smallest absolute Gasteiger partial charge is 0.280 e. The Labute approximate surface area is 152 Å². The van der Waals surface area contributed by atoms with E-state index in [-0.39, 0.29) is 0 Å². The second-order valence-corrected chi connectivity index (χ2v) is 6.78. The van der Waals surface area contributed by atoms with Crippen LogP contribution in [0.15, 0.2) is 42.7 Å². The van der Waals surface area contributed by atoms with Gasteiger partial charge in [-0.25, -0.2) is 9.97 Å². The summed E-state index contributed by atoms with van der Waals surface area (Å²) in [7, 11) is 1.62. The van der Waals surface area contributed by atoms with Crippen molar-refractivity contribution in [3.8, 4) is 28.1 Å². The lowest BCUT2D eigenvalue weighted by molar-refractivity contribution is 0.412. The molecule has 0 atom stereocenters. The molecule has 4 aromatic rings. The van der Waals surface area contributed by atoms with Crippen LogP contribution >= 0.6 is 22.9 Å². The highest BCUT2D eigenvalue weighted by Crippen LogP contribution is 2.39. The van der Waals surface area contributed by atoms with Gasteiger partial charge in [0, 0.05) is 12.4 Å². The summed E-state index contributed by atoms with van der Waals surface area (Å²) in [5.41, 5.74) is 2.25. The third kappa shape index (κ3) is 2.92. The predicted octanol–water partition coefficient (Wildman–Crippen LogP) is 4.62. The van der Waals surface area contributed by atoms with Crippen LogP contribution in [0.4, 0.5) is 0 Å². The van der Waals surface area contributed by atoms with Crippen LogP contribution in [-0.4, -0.2) is 26.5 Å². The molecule has 25 heavy (non-hydrogen) atoms. The Kier molecular flexibility index (Phi) is 4.03. The molecule has 0 aliphatic rings. The van der Waals surface area contributed by atoms with Crippen LogP contribution in [0.2, 0.25) is 4.34 Å². The molecule has 3 aromatic heterocycles. The van der Waals surface area contributed by atoms with Crippen molar-refractivity contribution in [3.05, 3.63) is 52.8 Å². The van der Waals surface area contributed by atoms with Crippen LogP contribution < -0.4 is 9.47 Å². The van der Waals surface area contributed by atoms with Crippen LogP contribution in [0.25, 0.3) is 17.2 Å². The van der Waals surface area contributed by atoms with Crippen molar-refractivity contribution < 1.29 is 9.47 Å². The lowest BCUT2D eigenvalue weighted by Crippen LogP contribution is -1.91. The van der Waals surface area contributed by atoms with Gasteiger partial charge in [-0.1, -0.05) is 22.9 Å². The number of aromatic nitrogens is 4. The predicted molar refractivity (Wildman–Crippen MR) is 96.9 cm³/mol. The number of rotatable bonds is 4. The number of fused-ring (bicyclic) bond motifs is 1. The highest BCUT2D eigenvalue weighted by atomic mass is 35.5. The SMILES string of the molecule is COc1ccc(Oc2nc(-c3c(C)nc4ncccn34)c(Cl)s2)cc1. The molecule has 0 N–H and O–H groups in total. The fraction of sp³-hybridized carbons (Fsp3) is 0.118. The van der Waals surface area contributed by atoms with Crippen LogP contribution in [-0.2, 0) is 0 Å². The van der Waals surface area contributed by atoms with Gasteiger partial charge in [0.25, 0.3) is 5.19 Å². The van der Waals surface area contributed by atoms with Gasteiger partial charge in [-0.15, -0.1) is 0 Å². The van der Waals surface area contributed by atoms with Crippen molar-refractivity contribution in [1.29, 1.82) is 0 Å². The first-order chi connectivity index (χ1) is 12.2. The van der Waals surface area contributed by atoms with E-state index in [0.717, 1.165) is 17.1 Å². The van der Waals surface area contributed by atoms with E-state index in [1.807, 2.05) is 47.9 Å². The molecule has 8 heteroatoms. The minimum Gasteiger partial charge on any atom is -0.497 e. The summed E-state index contributed by atoms with van der Waals surface area (Å²) >= 11 is 7.69. The molecule has 4 rings (SSSR count). The zero-order valence-corrected chi connectivity index (χ0v) is 15.0. The molecule has 0 fully saturated rings. The Hall–Kier alpha value is -2.64. The first-order valence-corrected chi connectivity index (χ1v) is 8.63. The van der Waals surface area contributed by atoms with E-state index in [2.05, 4.69) is 15.0 Å². The van der Waals surface area contributed by atoms with Crippen molar-refractivity contribution in [2.45, 2.75) is 6.92 Å². The van der Waals surface area contributed by atoms with Crippen molar-refractivity contribution in [2.24, 2.45) is 0 Å². The average molecular weight is 373 g/mol. The Bertz CT molecular complexity index is 1040. The van der Waals surface area contributed by atoms with Gasteiger partial charge >= 0.3 is 0 Å². The zero-order chi connectivity index (χ0) is 17.4. The van der Waals surface area contributed by atoms with Crippen LogP contribution in [0.3, 0.4) is 0 Å². The monoisotopic (exact) mass is 372 g/mol. The van der Waals surface area contributed by atoms with E-state index in [1.165, 1.54) is 11.3 Å². The first kappa shape index (κ1) is 15.9. The molecule has 0 saturated carbocycles. The van der Waals surface area contributed by atoms with Crippen LogP contribution in [0.5, 0.6) is 16.7 Å². The maximum atomic E-state index is 6.42. The topological polar surface area (TPSA) is 61.5 Å². The van der Waals surface area contributed by atoms with Gasteiger partial charge in [-0.3, -0.25) is 4.40 Å². The number of methoxy groups -OCH3 is 1. The van der Waals surface area contributed by atoms with Crippen molar-refractivity contribution in [2.75, 3.05) is 7.11 Å². The van der Waals surface area contributed by atoms with Gasteiger partial charge < -0.3 is 9.47 Å². The summed E-state index contributed by atoms with van der Waals surface area (Å²) < 4.78 is 13.4. The number of thiazole rings is 1. The molecule has 0 saturated heterocycles. The van der Waals surface area contributed by atoms with Gasteiger partial charge in [0.15, 0.2) is 0 Å².